The van der Waals surface area contributed by atoms with E-state index in [1.165, 1.54) is 25.3 Å². The third-order valence-corrected chi connectivity index (χ3v) is 9.10. The molecule has 0 aromatic heterocycles. The summed E-state index contributed by atoms with van der Waals surface area (Å²) >= 11 is 0. The van der Waals surface area contributed by atoms with Gasteiger partial charge in [-0.05, 0) is 87.1 Å². The van der Waals surface area contributed by atoms with Crippen LogP contribution in [0, 0.1) is 11.8 Å². The van der Waals surface area contributed by atoms with Crippen molar-refractivity contribution in [1.82, 2.24) is 10.2 Å². The van der Waals surface area contributed by atoms with Gasteiger partial charge in [-0.1, -0.05) is 48.9 Å². The van der Waals surface area contributed by atoms with Gasteiger partial charge in [-0.15, -0.1) is 0 Å². The summed E-state index contributed by atoms with van der Waals surface area (Å²) in [5.74, 6) is 1.19. The van der Waals surface area contributed by atoms with Gasteiger partial charge in [0.2, 0.25) is 5.91 Å². The molecule has 2 aromatic carbocycles. The van der Waals surface area contributed by atoms with E-state index >= 15 is 0 Å². The summed E-state index contributed by atoms with van der Waals surface area (Å²) < 4.78 is 5.43. The van der Waals surface area contributed by atoms with E-state index in [0.717, 1.165) is 69.6 Å². The van der Waals surface area contributed by atoms with Crippen LogP contribution < -0.4 is 10.1 Å². The molecule has 3 aliphatic rings. The Labute approximate surface area is 233 Å². The smallest absolute Gasteiger partial charge is 0.308 e. The van der Waals surface area contributed by atoms with Crippen molar-refractivity contribution in [2.75, 3.05) is 19.6 Å². The minimum atomic E-state index is -0.491. The second-order valence-corrected chi connectivity index (χ2v) is 12.2. The highest BCUT2D eigenvalue weighted by Crippen LogP contribution is 2.50. The predicted molar refractivity (Wildman–Crippen MR) is 152 cm³/mol. The number of carbonyl (C=O) groups is 2. The highest BCUT2D eigenvalue weighted by Gasteiger charge is 2.52. The number of ether oxygens (including phenoxy) is 1. The highest BCUT2D eigenvalue weighted by molar-refractivity contribution is 5.76. The molecule has 1 unspecified atom stereocenters. The number of hydrogen-bond acceptors (Lipinski definition) is 5. The molecule has 39 heavy (non-hydrogen) atoms. The second-order valence-electron chi connectivity index (χ2n) is 12.2. The molecule has 6 heteroatoms. The number of hydrogen-bond donors (Lipinski definition) is 2. The first-order valence-corrected chi connectivity index (χ1v) is 14.9. The monoisotopic (exact) mass is 532 g/mol. The van der Waals surface area contributed by atoms with Crippen LogP contribution in [0.4, 0.5) is 0 Å². The number of aliphatic hydroxyl groups is 1. The fraction of sp³-hybridized carbons (Fsp3) is 0.576. The Morgan fingerprint density at radius 3 is 2.67 bits per heavy atom. The Morgan fingerprint density at radius 1 is 1.08 bits per heavy atom. The molecule has 1 amide bonds. The Bertz CT molecular complexity index is 1120. The van der Waals surface area contributed by atoms with Crippen molar-refractivity contribution in [3.63, 3.8) is 0 Å². The van der Waals surface area contributed by atoms with Crippen LogP contribution in [0.15, 0.2) is 54.6 Å². The molecule has 3 fully saturated rings. The minimum absolute atomic E-state index is 0.0690. The van der Waals surface area contributed by atoms with Crippen molar-refractivity contribution >= 4 is 11.9 Å². The molecule has 1 heterocycles. The van der Waals surface area contributed by atoms with Gasteiger partial charge in [-0.3, -0.25) is 9.59 Å². The van der Waals surface area contributed by atoms with Gasteiger partial charge in [0, 0.05) is 43.8 Å². The number of benzene rings is 2. The second kappa shape index (κ2) is 12.6. The van der Waals surface area contributed by atoms with Crippen LogP contribution in [-0.2, 0) is 21.4 Å². The van der Waals surface area contributed by atoms with Gasteiger partial charge >= 0.3 is 5.97 Å². The number of nitrogens with zero attached hydrogens (tertiary/aromatic N) is 1. The molecule has 1 aliphatic heterocycles. The lowest BCUT2D eigenvalue weighted by molar-refractivity contribution is -0.132. The molecule has 0 bridgehead atoms. The fourth-order valence-electron chi connectivity index (χ4n) is 7.00. The van der Waals surface area contributed by atoms with Gasteiger partial charge in [0.05, 0.1) is 6.10 Å². The van der Waals surface area contributed by atoms with Crippen molar-refractivity contribution in [2.45, 2.75) is 88.7 Å². The molecular formula is C33H44N2O4. The number of rotatable bonds is 11. The number of piperidine rings is 1. The normalized spacial score (nSPS) is 27.0. The summed E-state index contributed by atoms with van der Waals surface area (Å²) in [6, 6.07) is 18.3. The van der Waals surface area contributed by atoms with E-state index in [2.05, 4.69) is 40.5 Å². The average molecular weight is 533 g/mol. The molecule has 2 aromatic rings. The van der Waals surface area contributed by atoms with Gasteiger partial charge in [0.25, 0.3) is 0 Å². The number of likely N-dealkylation sites (tertiary alicyclic amines) is 1. The fourth-order valence-corrected chi connectivity index (χ4v) is 7.00. The molecule has 6 nitrogen and oxygen atoms in total. The van der Waals surface area contributed by atoms with Crippen LogP contribution in [0.1, 0.15) is 75.8 Å². The molecule has 4 atom stereocenters. The number of esters is 1. The first kappa shape index (κ1) is 27.9. The zero-order valence-corrected chi connectivity index (χ0v) is 23.3. The Kier molecular flexibility index (Phi) is 9.03. The van der Waals surface area contributed by atoms with Gasteiger partial charge in [-0.2, -0.15) is 0 Å². The first-order valence-electron chi connectivity index (χ1n) is 14.9. The molecular weight excluding hydrogens is 488 g/mol. The number of aliphatic hydroxyl groups excluding tert-OH is 1. The van der Waals surface area contributed by atoms with Gasteiger partial charge in [-0.25, -0.2) is 0 Å². The zero-order chi connectivity index (χ0) is 27.2. The van der Waals surface area contributed by atoms with E-state index in [0.29, 0.717) is 18.6 Å². The lowest BCUT2D eigenvalue weighted by Crippen LogP contribution is -2.61. The molecule has 2 saturated carbocycles. The molecule has 210 valence electrons. The lowest BCUT2D eigenvalue weighted by Gasteiger charge is -2.55. The Balaban J connectivity index is 1.23. The van der Waals surface area contributed by atoms with Crippen LogP contribution in [-0.4, -0.2) is 53.7 Å². The van der Waals surface area contributed by atoms with E-state index in [1.807, 2.05) is 24.3 Å². The molecule has 5 rings (SSSR count). The maximum absolute atomic E-state index is 12.9. The highest BCUT2D eigenvalue weighted by atomic mass is 16.5. The van der Waals surface area contributed by atoms with Crippen molar-refractivity contribution in [2.24, 2.45) is 11.8 Å². The van der Waals surface area contributed by atoms with Crippen LogP contribution in [0.25, 0.3) is 0 Å². The van der Waals surface area contributed by atoms with Gasteiger partial charge in [0.15, 0.2) is 0 Å². The molecule has 0 spiro atoms. The topological polar surface area (TPSA) is 78.9 Å². The van der Waals surface area contributed by atoms with E-state index in [4.69, 9.17) is 4.74 Å². The van der Waals surface area contributed by atoms with E-state index in [9.17, 15) is 14.7 Å². The Hall–Kier alpha value is -2.70. The minimum Gasteiger partial charge on any atom is -0.427 e. The zero-order valence-electron chi connectivity index (χ0n) is 23.3. The van der Waals surface area contributed by atoms with E-state index in [1.54, 1.807) is 0 Å². The predicted octanol–water partition coefficient (Wildman–Crippen LogP) is 5.02. The van der Waals surface area contributed by atoms with Gasteiger partial charge < -0.3 is 20.1 Å². The van der Waals surface area contributed by atoms with Crippen molar-refractivity contribution in [3.05, 3.63) is 65.7 Å². The maximum Gasteiger partial charge on any atom is 0.308 e. The summed E-state index contributed by atoms with van der Waals surface area (Å²) in [4.78, 5) is 27.1. The largest absolute Gasteiger partial charge is 0.427 e. The van der Waals surface area contributed by atoms with E-state index < -0.39 is 6.10 Å². The summed E-state index contributed by atoms with van der Waals surface area (Å²) in [6.07, 6.45) is 9.03. The summed E-state index contributed by atoms with van der Waals surface area (Å²) in [6.45, 7) is 4.40. The number of fused-ring (bicyclic) bond motifs is 1. The number of aryl methyl sites for hydroxylation is 1. The molecule has 1 saturated heterocycles. The summed E-state index contributed by atoms with van der Waals surface area (Å²) in [5.41, 5.74) is 2.19. The maximum atomic E-state index is 12.9. The van der Waals surface area contributed by atoms with Gasteiger partial charge in [0.1, 0.15) is 5.75 Å². The molecule has 2 N–H and O–H groups in total. The lowest BCUT2D eigenvalue weighted by atomic mass is 9.57. The number of nitrogens with one attached hydrogen (secondary N) is 1. The number of unbranched alkanes of at least 4 members (excludes halogenated alkanes) is 2. The molecule has 2 aliphatic carbocycles. The summed E-state index contributed by atoms with van der Waals surface area (Å²) in [5, 5.41) is 14.8. The Morgan fingerprint density at radius 2 is 1.90 bits per heavy atom. The first-order chi connectivity index (χ1) is 18.9. The third-order valence-electron chi connectivity index (χ3n) is 9.10. The van der Waals surface area contributed by atoms with E-state index in [-0.39, 0.29) is 29.3 Å². The molecule has 0 radical (unpaired) electrons. The van der Waals surface area contributed by atoms with Crippen molar-refractivity contribution in [1.29, 1.82) is 0 Å². The van der Waals surface area contributed by atoms with Crippen LogP contribution in [0.2, 0.25) is 0 Å². The summed E-state index contributed by atoms with van der Waals surface area (Å²) in [7, 11) is 0. The third kappa shape index (κ3) is 7.29. The standard InChI is InChI=1S/C33H44N2O4/c1-24(36)39-29-13-8-12-27(19-29)33-17-18-35(22-26-15-16-26)23-30(33)31(37)20-28(21-33)34-32(38)14-7-3-6-11-25-9-4-2-5-10-25/h2,4-5,8-10,12-13,19,26,28,30-31,37H,3,6-7,11,14-18,20-23H2,1H3,(H,34,38)/t28-,30+,31?,33+/m1/s1. The van der Waals surface area contributed by atoms with Crippen molar-refractivity contribution in [3.8, 4) is 5.75 Å². The average Bonchev–Trinajstić information content (AvgIpc) is 3.73. The number of amides is 1. The SMILES string of the molecule is CC(=O)Oc1cccc([C@@]23CCN(CC4CC4)C[C@H]2C(O)C[C@@H](NC(=O)CCCCCc2ccccc2)C3)c1. The van der Waals surface area contributed by atoms with Crippen molar-refractivity contribution < 1.29 is 19.4 Å². The van der Waals surface area contributed by atoms with Crippen LogP contribution in [0.5, 0.6) is 5.75 Å². The number of carbonyl (C=O) groups excluding carboxylic acids is 2. The quantitative estimate of drug-likeness (QED) is 0.241. The van der Waals surface area contributed by atoms with Crippen LogP contribution >= 0.6 is 0 Å². The van der Waals surface area contributed by atoms with Crippen LogP contribution in [0.3, 0.4) is 0 Å².